The summed E-state index contributed by atoms with van der Waals surface area (Å²) in [7, 11) is 0. The van der Waals surface area contributed by atoms with Crippen LogP contribution in [0.25, 0.3) is 6.08 Å². The molecular formula is C16H19ClO4. The van der Waals surface area contributed by atoms with E-state index < -0.39 is 18.2 Å². The van der Waals surface area contributed by atoms with Crippen molar-refractivity contribution in [2.75, 3.05) is 0 Å². The Morgan fingerprint density at radius 2 is 1.67 bits per heavy atom. The van der Waals surface area contributed by atoms with Crippen molar-refractivity contribution in [3.8, 4) is 0 Å². The first kappa shape index (κ1) is 17.2. The topological polar surface area (TPSA) is 52.6 Å². The predicted octanol–water partition coefficient (Wildman–Crippen LogP) is 3.98. The Morgan fingerprint density at radius 3 is 2.10 bits per heavy atom. The Labute approximate surface area is 129 Å². The molecule has 0 bridgehead atoms. The second kappa shape index (κ2) is 8.47. The van der Waals surface area contributed by atoms with Gasteiger partial charge >= 0.3 is 11.9 Å². The smallest absolute Gasteiger partial charge is 0.305 e. The average Bonchev–Trinajstić information content (AvgIpc) is 2.39. The van der Waals surface area contributed by atoms with Crippen molar-refractivity contribution < 1.29 is 19.1 Å². The molecule has 0 fully saturated rings. The van der Waals surface area contributed by atoms with Gasteiger partial charge in [0.25, 0.3) is 6.29 Å². The maximum atomic E-state index is 11.2. The zero-order valence-electron chi connectivity index (χ0n) is 12.4. The van der Waals surface area contributed by atoms with Crippen LogP contribution < -0.4 is 0 Å². The summed E-state index contributed by atoms with van der Waals surface area (Å²) in [5.74, 6) is -1.00. The summed E-state index contributed by atoms with van der Waals surface area (Å²) in [5.41, 5.74) is 1.62. The van der Waals surface area contributed by atoms with E-state index in [1.54, 1.807) is 12.1 Å². The SMILES string of the molecule is CCC/C(=C\c1ccc(Cl)cc1)C(OC(C)=O)OC(C)=O. The van der Waals surface area contributed by atoms with Crippen molar-refractivity contribution in [3.63, 3.8) is 0 Å². The van der Waals surface area contributed by atoms with Gasteiger partial charge in [-0.05, 0) is 30.2 Å². The summed E-state index contributed by atoms with van der Waals surface area (Å²) in [4.78, 5) is 22.4. The van der Waals surface area contributed by atoms with Crippen molar-refractivity contribution >= 4 is 29.6 Å². The van der Waals surface area contributed by atoms with E-state index in [0.717, 1.165) is 17.6 Å². The largest absolute Gasteiger partial charge is 0.421 e. The maximum Gasteiger partial charge on any atom is 0.305 e. The molecule has 0 aromatic heterocycles. The van der Waals surface area contributed by atoms with Crippen LogP contribution in [0.3, 0.4) is 0 Å². The summed E-state index contributed by atoms with van der Waals surface area (Å²) in [6.07, 6.45) is 2.33. The third-order valence-electron chi connectivity index (χ3n) is 2.61. The Bertz CT molecular complexity index is 504. The molecule has 0 spiro atoms. The van der Waals surface area contributed by atoms with Crippen LogP contribution in [0.2, 0.25) is 5.02 Å². The van der Waals surface area contributed by atoms with Crippen molar-refractivity contribution in [1.82, 2.24) is 0 Å². The molecule has 0 N–H and O–H groups in total. The standard InChI is InChI=1S/C16H19ClO4/c1-4-5-14(10-13-6-8-15(17)9-7-13)16(20-11(2)18)21-12(3)19/h6-10,16H,4-5H2,1-3H3/b14-10+. The van der Waals surface area contributed by atoms with E-state index in [4.69, 9.17) is 21.1 Å². The third kappa shape index (κ3) is 6.45. The van der Waals surface area contributed by atoms with E-state index in [1.807, 2.05) is 25.1 Å². The van der Waals surface area contributed by atoms with Gasteiger partial charge in [-0.3, -0.25) is 9.59 Å². The molecule has 0 saturated carbocycles. The van der Waals surface area contributed by atoms with Crippen LogP contribution in [0.5, 0.6) is 0 Å². The number of carbonyl (C=O) groups is 2. The van der Waals surface area contributed by atoms with Gasteiger partial charge < -0.3 is 9.47 Å². The number of carbonyl (C=O) groups excluding carboxylic acids is 2. The molecule has 0 unspecified atom stereocenters. The zero-order valence-corrected chi connectivity index (χ0v) is 13.1. The number of halogens is 1. The molecule has 21 heavy (non-hydrogen) atoms. The Kier molecular flexibility index (Phi) is 6.96. The van der Waals surface area contributed by atoms with Gasteiger partial charge in [0.1, 0.15) is 0 Å². The Morgan fingerprint density at radius 1 is 1.14 bits per heavy atom. The first-order chi connectivity index (χ1) is 9.92. The van der Waals surface area contributed by atoms with E-state index >= 15 is 0 Å². The minimum absolute atomic E-state index is 0.501. The molecule has 4 nitrogen and oxygen atoms in total. The van der Waals surface area contributed by atoms with Gasteiger partial charge in [0, 0.05) is 24.4 Å². The molecule has 1 aromatic rings. The highest BCUT2D eigenvalue weighted by Crippen LogP contribution is 2.20. The summed E-state index contributed by atoms with van der Waals surface area (Å²) in [6, 6.07) is 7.22. The van der Waals surface area contributed by atoms with E-state index in [-0.39, 0.29) is 0 Å². The van der Waals surface area contributed by atoms with Crippen LogP contribution in [0.15, 0.2) is 29.8 Å². The van der Waals surface area contributed by atoms with Crippen LogP contribution in [0.1, 0.15) is 39.2 Å². The normalized spacial score (nSPS) is 11.4. The second-order valence-corrected chi connectivity index (χ2v) is 5.01. The molecule has 0 aliphatic carbocycles. The lowest BCUT2D eigenvalue weighted by Gasteiger charge is -2.19. The van der Waals surface area contributed by atoms with Crippen molar-refractivity contribution in [1.29, 1.82) is 0 Å². The highest BCUT2D eigenvalue weighted by molar-refractivity contribution is 6.30. The molecule has 0 atom stereocenters. The summed E-state index contributed by atoms with van der Waals surface area (Å²) >= 11 is 5.85. The van der Waals surface area contributed by atoms with Gasteiger partial charge in [-0.1, -0.05) is 37.1 Å². The molecule has 1 rings (SSSR count). The van der Waals surface area contributed by atoms with E-state index in [2.05, 4.69) is 0 Å². The molecule has 5 heteroatoms. The van der Waals surface area contributed by atoms with E-state index in [9.17, 15) is 9.59 Å². The fraction of sp³-hybridized carbons (Fsp3) is 0.375. The molecule has 0 saturated heterocycles. The highest BCUT2D eigenvalue weighted by atomic mass is 35.5. The number of rotatable bonds is 6. The summed E-state index contributed by atoms with van der Waals surface area (Å²) in [5, 5.41) is 0.640. The second-order valence-electron chi connectivity index (χ2n) is 4.57. The molecule has 0 radical (unpaired) electrons. The van der Waals surface area contributed by atoms with Gasteiger partial charge in [0.15, 0.2) is 0 Å². The lowest BCUT2D eigenvalue weighted by molar-refractivity contribution is -0.178. The Balaban J connectivity index is 3.06. The van der Waals surface area contributed by atoms with Gasteiger partial charge in [0.05, 0.1) is 0 Å². The van der Waals surface area contributed by atoms with Gasteiger partial charge in [-0.25, -0.2) is 0 Å². The van der Waals surface area contributed by atoms with Gasteiger partial charge in [0.2, 0.25) is 0 Å². The first-order valence-corrected chi connectivity index (χ1v) is 7.10. The molecule has 0 aliphatic rings. The minimum Gasteiger partial charge on any atom is -0.421 e. The number of esters is 2. The molecule has 0 aliphatic heterocycles. The van der Waals surface area contributed by atoms with Crippen molar-refractivity contribution in [2.24, 2.45) is 0 Å². The maximum absolute atomic E-state index is 11.2. The third-order valence-corrected chi connectivity index (χ3v) is 2.86. The first-order valence-electron chi connectivity index (χ1n) is 6.72. The van der Waals surface area contributed by atoms with Crippen LogP contribution >= 0.6 is 11.6 Å². The highest BCUT2D eigenvalue weighted by Gasteiger charge is 2.20. The molecule has 1 aromatic carbocycles. The zero-order chi connectivity index (χ0) is 15.8. The summed E-state index contributed by atoms with van der Waals surface area (Å²) in [6.45, 7) is 4.55. The predicted molar refractivity (Wildman–Crippen MR) is 81.7 cm³/mol. The quantitative estimate of drug-likeness (QED) is 0.589. The van der Waals surface area contributed by atoms with Crippen LogP contribution in [-0.4, -0.2) is 18.2 Å². The molecular weight excluding hydrogens is 292 g/mol. The van der Waals surface area contributed by atoms with Crippen LogP contribution in [0.4, 0.5) is 0 Å². The molecule has 0 amide bonds. The monoisotopic (exact) mass is 310 g/mol. The number of benzene rings is 1. The van der Waals surface area contributed by atoms with Crippen molar-refractivity contribution in [2.45, 2.75) is 39.9 Å². The molecule has 114 valence electrons. The average molecular weight is 311 g/mol. The number of hydrogen-bond acceptors (Lipinski definition) is 4. The minimum atomic E-state index is -0.990. The van der Waals surface area contributed by atoms with Crippen LogP contribution in [-0.2, 0) is 19.1 Å². The Hall–Kier alpha value is -1.81. The number of ether oxygens (including phenoxy) is 2. The molecule has 0 heterocycles. The van der Waals surface area contributed by atoms with Crippen LogP contribution in [0, 0.1) is 0 Å². The lowest BCUT2D eigenvalue weighted by atomic mass is 10.1. The fourth-order valence-corrected chi connectivity index (χ4v) is 1.92. The fourth-order valence-electron chi connectivity index (χ4n) is 1.80. The summed E-state index contributed by atoms with van der Waals surface area (Å²) < 4.78 is 10.2. The van der Waals surface area contributed by atoms with E-state index in [0.29, 0.717) is 11.4 Å². The van der Waals surface area contributed by atoms with Crippen molar-refractivity contribution in [3.05, 3.63) is 40.4 Å². The van der Waals surface area contributed by atoms with Gasteiger partial charge in [-0.15, -0.1) is 0 Å². The number of hydrogen-bond donors (Lipinski definition) is 0. The van der Waals surface area contributed by atoms with Gasteiger partial charge in [-0.2, -0.15) is 0 Å². The van der Waals surface area contributed by atoms with E-state index in [1.165, 1.54) is 13.8 Å². The lowest BCUT2D eigenvalue weighted by Crippen LogP contribution is -2.24.